The summed E-state index contributed by atoms with van der Waals surface area (Å²) in [5.41, 5.74) is 4.54. The van der Waals surface area contributed by atoms with Crippen molar-refractivity contribution in [1.82, 2.24) is 0 Å². The number of benzene rings is 2. The first-order chi connectivity index (χ1) is 9.08. The summed E-state index contributed by atoms with van der Waals surface area (Å²) in [6.07, 6.45) is 0.347. The standard InChI is InChI=1S/C17H17FO/c1-10-7-13(8-11(2)16(10)18)17(19)15-9-12-5-3-4-6-14(12)15/h3-8,15,17,19H,9H2,1-2H3. The second-order valence-corrected chi connectivity index (χ2v) is 5.42. The Bertz CT molecular complexity index is 610. The van der Waals surface area contributed by atoms with Gasteiger partial charge in [0.25, 0.3) is 0 Å². The first-order valence-electron chi connectivity index (χ1n) is 6.60. The van der Waals surface area contributed by atoms with E-state index < -0.39 is 6.10 Å². The van der Waals surface area contributed by atoms with Crippen molar-refractivity contribution in [2.24, 2.45) is 0 Å². The molecule has 0 radical (unpaired) electrons. The van der Waals surface area contributed by atoms with Crippen molar-refractivity contribution in [2.45, 2.75) is 32.3 Å². The second-order valence-electron chi connectivity index (χ2n) is 5.42. The maximum atomic E-state index is 13.6. The van der Waals surface area contributed by atoms with Crippen LogP contribution < -0.4 is 0 Å². The largest absolute Gasteiger partial charge is 0.388 e. The van der Waals surface area contributed by atoms with Crippen molar-refractivity contribution in [3.05, 3.63) is 70.0 Å². The van der Waals surface area contributed by atoms with Crippen LogP contribution in [-0.4, -0.2) is 5.11 Å². The lowest BCUT2D eigenvalue weighted by Gasteiger charge is -2.34. The number of aryl methyl sites for hydroxylation is 2. The van der Waals surface area contributed by atoms with Gasteiger partial charge in [0.2, 0.25) is 0 Å². The molecule has 19 heavy (non-hydrogen) atoms. The molecule has 1 nitrogen and oxygen atoms in total. The van der Waals surface area contributed by atoms with Gasteiger partial charge in [0, 0.05) is 5.92 Å². The lowest BCUT2D eigenvalue weighted by Crippen LogP contribution is -2.23. The van der Waals surface area contributed by atoms with Gasteiger partial charge in [-0.15, -0.1) is 0 Å². The van der Waals surface area contributed by atoms with Crippen molar-refractivity contribution < 1.29 is 9.50 Å². The molecule has 0 aromatic heterocycles. The van der Waals surface area contributed by atoms with Crippen LogP contribution in [0, 0.1) is 19.7 Å². The molecule has 1 aliphatic carbocycles. The zero-order valence-corrected chi connectivity index (χ0v) is 11.2. The Kier molecular flexibility index (Phi) is 2.90. The minimum absolute atomic E-state index is 0.139. The van der Waals surface area contributed by atoms with Gasteiger partial charge in [0.1, 0.15) is 5.82 Å². The van der Waals surface area contributed by atoms with Gasteiger partial charge in [0.15, 0.2) is 0 Å². The highest BCUT2D eigenvalue weighted by molar-refractivity contribution is 5.43. The monoisotopic (exact) mass is 256 g/mol. The Balaban J connectivity index is 1.92. The van der Waals surface area contributed by atoms with Gasteiger partial charge in [-0.05, 0) is 48.1 Å². The molecule has 0 saturated carbocycles. The maximum Gasteiger partial charge on any atom is 0.129 e. The lowest BCUT2D eigenvalue weighted by atomic mass is 9.73. The van der Waals surface area contributed by atoms with E-state index >= 15 is 0 Å². The zero-order chi connectivity index (χ0) is 13.6. The average molecular weight is 256 g/mol. The molecule has 0 spiro atoms. The van der Waals surface area contributed by atoms with Gasteiger partial charge >= 0.3 is 0 Å². The third-order valence-corrected chi connectivity index (χ3v) is 4.08. The Morgan fingerprint density at radius 3 is 2.42 bits per heavy atom. The molecule has 2 unspecified atom stereocenters. The first kappa shape index (κ1) is 12.4. The minimum Gasteiger partial charge on any atom is -0.388 e. The fraction of sp³-hybridized carbons (Fsp3) is 0.294. The third-order valence-electron chi connectivity index (χ3n) is 4.08. The Hall–Kier alpha value is -1.67. The number of halogens is 1. The number of aliphatic hydroxyl groups is 1. The summed E-state index contributed by atoms with van der Waals surface area (Å²) >= 11 is 0. The summed E-state index contributed by atoms with van der Waals surface area (Å²) in [5.74, 6) is -0.0366. The Morgan fingerprint density at radius 2 is 1.79 bits per heavy atom. The van der Waals surface area contributed by atoms with Crippen LogP contribution in [0.2, 0.25) is 0 Å². The van der Waals surface area contributed by atoms with E-state index in [-0.39, 0.29) is 11.7 Å². The Labute approximate surface area is 112 Å². The predicted molar refractivity (Wildman–Crippen MR) is 73.7 cm³/mol. The highest BCUT2D eigenvalue weighted by Crippen LogP contribution is 2.43. The molecule has 3 rings (SSSR count). The van der Waals surface area contributed by atoms with Crippen molar-refractivity contribution in [3.8, 4) is 0 Å². The maximum absolute atomic E-state index is 13.6. The second kappa shape index (κ2) is 4.46. The van der Waals surface area contributed by atoms with Crippen LogP contribution in [0.5, 0.6) is 0 Å². The third kappa shape index (κ3) is 1.96. The Morgan fingerprint density at radius 1 is 1.16 bits per heavy atom. The molecule has 0 amide bonds. The number of fused-ring (bicyclic) bond motifs is 1. The zero-order valence-electron chi connectivity index (χ0n) is 11.2. The van der Waals surface area contributed by atoms with Crippen LogP contribution in [-0.2, 0) is 6.42 Å². The van der Waals surface area contributed by atoms with E-state index in [0.717, 1.165) is 12.0 Å². The minimum atomic E-state index is -0.548. The number of rotatable bonds is 2. The summed E-state index contributed by atoms with van der Waals surface area (Å²) in [6.45, 7) is 3.49. The smallest absolute Gasteiger partial charge is 0.129 e. The van der Waals surface area contributed by atoms with Gasteiger partial charge in [0.05, 0.1) is 6.10 Å². The molecule has 1 N–H and O–H groups in total. The highest BCUT2D eigenvalue weighted by Gasteiger charge is 2.32. The molecular weight excluding hydrogens is 239 g/mol. The van der Waals surface area contributed by atoms with Crippen molar-refractivity contribution in [1.29, 1.82) is 0 Å². The highest BCUT2D eigenvalue weighted by atomic mass is 19.1. The van der Waals surface area contributed by atoms with E-state index in [4.69, 9.17) is 0 Å². The summed E-state index contributed by atoms with van der Waals surface area (Å²) in [4.78, 5) is 0. The molecule has 2 aromatic rings. The molecular formula is C17H17FO. The first-order valence-corrected chi connectivity index (χ1v) is 6.60. The molecule has 0 aliphatic heterocycles. The molecule has 2 heteroatoms. The van der Waals surface area contributed by atoms with Gasteiger partial charge in [-0.2, -0.15) is 0 Å². The molecule has 1 aliphatic rings. The van der Waals surface area contributed by atoms with E-state index in [0.29, 0.717) is 11.1 Å². The molecule has 98 valence electrons. The van der Waals surface area contributed by atoms with Crippen LogP contribution in [0.3, 0.4) is 0 Å². The van der Waals surface area contributed by atoms with E-state index in [1.807, 2.05) is 12.1 Å². The van der Waals surface area contributed by atoms with Gasteiger partial charge in [-0.1, -0.05) is 36.4 Å². The van der Waals surface area contributed by atoms with E-state index in [1.54, 1.807) is 26.0 Å². The van der Waals surface area contributed by atoms with Crippen LogP contribution in [0.15, 0.2) is 36.4 Å². The number of hydrogen-bond donors (Lipinski definition) is 1. The summed E-state index contributed by atoms with van der Waals surface area (Å²) < 4.78 is 13.6. The quantitative estimate of drug-likeness (QED) is 0.866. The average Bonchev–Trinajstić information content (AvgIpc) is 2.36. The lowest BCUT2D eigenvalue weighted by molar-refractivity contribution is 0.134. The van der Waals surface area contributed by atoms with Crippen LogP contribution >= 0.6 is 0 Å². The topological polar surface area (TPSA) is 20.2 Å². The number of hydrogen-bond acceptors (Lipinski definition) is 1. The summed E-state index contributed by atoms with van der Waals surface area (Å²) in [6, 6.07) is 11.7. The molecule has 2 atom stereocenters. The SMILES string of the molecule is Cc1cc(C(O)C2Cc3ccccc32)cc(C)c1F. The van der Waals surface area contributed by atoms with Crippen LogP contribution in [0.4, 0.5) is 4.39 Å². The van der Waals surface area contributed by atoms with E-state index in [1.165, 1.54) is 11.1 Å². The fourth-order valence-corrected chi connectivity index (χ4v) is 2.96. The van der Waals surface area contributed by atoms with E-state index in [2.05, 4.69) is 12.1 Å². The van der Waals surface area contributed by atoms with Crippen molar-refractivity contribution in [2.75, 3.05) is 0 Å². The molecule has 0 fully saturated rings. The predicted octanol–water partition coefficient (Wildman–Crippen LogP) is 3.82. The molecule has 2 aromatic carbocycles. The van der Waals surface area contributed by atoms with Crippen molar-refractivity contribution in [3.63, 3.8) is 0 Å². The summed E-state index contributed by atoms with van der Waals surface area (Å²) in [5, 5.41) is 10.5. The molecule has 0 heterocycles. The van der Waals surface area contributed by atoms with Gasteiger partial charge in [-0.25, -0.2) is 4.39 Å². The summed E-state index contributed by atoms with van der Waals surface area (Å²) in [7, 11) is 0. The van der Waals surface area contributed by atoms with Gasteiger partial charge < -0.3 is 5.11 Å². The van der Waals surface area contributed by atoms with Crippen LogP contribution in [0.1, 0.15) is 39.8 Å². The van der Waals surface area contributed by atoms with Gasteiger partial charge in [-0.3, -0.25) is 0 Å². The normalized spacial score (nSPS) is 18.6. The molecule has 0 saturated heterocycles. The molecule has 0 bridgehead atoms. The van der Waals surface area contributed by atoms with Crippen LogP contribution in [0.25, 0.3) is 0 Å². The van der Waals surface area contributed by atoms with E-state index in [9.17, 15) is 9.50 Å². The number of aliphatic hydroxyl groups excluding tert-OH is 1. The fourth-order valence-electron chi connectivity index (χ4n) is 2.96. The van der Waals surface area contributed by atoms with Crippen molar-refractivity contribution >= 4 is 0 Å².